The normalized spacial score (nSPS) is 12.3. The van der Waals surface area contributed by atoms with E-state index in [9.17, 15) is 9.18 Å². The fourth-order valence-electron chi connectivity index (χ4n) is 1.02. The molecule has 0 unspecified atom stereocenters. The number of hydrogen-bond donors (Lipinski definition) is 2. The zero-order chi connectivity index (χ0) is 11.4. The summed E-state index contributed by atoms with van der Waals surface area (Å²) in [5, 5.41) is 11.4. The molecule has 0 aliphatic rings. The van der Waals surface area contributed by atoms with Gasteiger partial charge in [0, 0.05) is 11.1 Å². The smallest absolute Gasteiger partial charge is 0.254 e. The number of rotatable bonds is 3. The van der Waals surface area contributed by atoms with Crippen molar-refractivity contribution in [3.8, 4) is 0 Å². The molecule has 0 spiro atoms. The summed E-state index contributed by atoms with van der Waals surface area (Å²) in [6.07, 6.45) is 0. The van der Waals surface area contributed by atoms with E-state index in [1.54, 1.807) is 6.92 Å². The highest BCUT2D eigenvalue weighted by atomic mass is 35.5. The van der Waals surface area contributed by atoms with Crippen LogP contribution in [0.5, 0.6) is 0 Å². The van der Waals surface area contributed by atoms with Crippen LogP contribution in [0, 0.1) is 5.82 Å². The van der Waals surface area contributed by atoms with E-state index in [-0.39, 0.29) is 17.2 Å². The van der Waals surface area contributed by atoms with Crippen molar-refractivity contribution in [2.75, 3.05) is 6.61 Å². The van der Waals surface area contributed by atoms with Crippen LogP contribution in [0.25, 0.3) is 0 Å². The van der Waals surface area contributed by atoms with Gasteiger partial charge in [-0.15, -0.1) is 0 Å². The van der Waals surface area contributed by atoms with Gasteiger partial charge in [-0.25, -0.2) is 4.39 Å². The third-order valence-electron chi connectivity index (χ3n) is 1.83. The third kappa shape index (κ3) is 3.18. The predicted octanol–water partition coefficient (Wildman–Crippen LogP) is 1.59. The van der Waals surface area contributed by atoms with E-state index in [0.717, 1.165) is 6.07 Å². The second-order valence-corrected chi connectivity index (χ2v) is 3.62. The van der Waals surface area contributed by atoms with Gasteiger partial charge in [0.1, 0.15) is 5.82 Å². The van der Waals surface area contributed by atoms with Gasteiger partial charge in [-0.05, 0) is 25.1 Å². The average Bonchev–Trinajstić information content (AvgIpc) is 2.17. The van der Waals surface area contributed by atoms with Gasteiger partial charge in [0.05, 0.1) is 12.2 Å². The van der Waals surface area contributed by atoms with Gasteiger partial charge in [0.2, 0.25) is 0 Å². The quantitative estimate of drug-likeness (QED) is 0.830. The molecular formula is C10H11ClFNO2. The van der Waals surface area contributed by atoms with Crippen molar-refractivity contribution in [3.63, 3.8) is 0 Å². The molecule has 1 atom stereocenters. The van der Waals surface area contributed by atoms with Crippen LogP contribution >= 0.6 is 11.6 Å². The van der Waals surface area contributed by atoms with Crippen LogP contribution in [0.1, 0.15) is 17.3 Å². The molecule has 3 nitrogen and oxygen atoms in total. The number of hydrogen-bond acceptors (Lipinski definition) is 2. The van der Waals surface area contributed by atoms with Crippen molar-refractivity contribution >= 4 is 17.5 Å². The Morgan fingerprint density at radius 3 is 2.87 bits per heavy atom. The topological polar surface area (TPSA) is 49.3 Å². The predicted molar refractivity (Wildman–Crippen MR) is 55.4 cm³/mol. The summed E-state index contributed by atoms with van der Waals surface area (Å²) < 4.78 is 13.2. The Morgan fingerprint density at radius 1 is 1.67 bits per heavy atom. The number of halogens is 2. The van der Waals surface area contributed by atoms with Crippen LogP contribution in [0.2, 0.25) is 5.02 Å². The first-order valence-corrected chi connectivity index (χ1v) is 4.79. The maximum absolute atomic E-state index is 13.2. The molecule has 0 radical (unpaired) electrons. The van der Waals surface area contributed by atoms with Gasteiger partial charge in [0.15, 0.2) is 0 Å². The number of nitrogens with one attached hydrogen (secondary N) is 1. The largest absolute Gasteiger partial charge is 0.394 e. The lowest BCUT2D eigenvalue weighted by atomic mass is 10.2. The molecule has 1 aromatic rings. The van der Waals surface area contributed by atoms with Crippen LogP contribution < -0.4 is 5.32 Å². The van der Waals surface area contributed by atoms with E-state index in [1.807, 2.05) is 0 Å². The van der Waals surface area contributed by atoms with Crippen molar-refractivity contribution in [2.45, 2.75) is 13.0 Å². The number of amides is 1. The Balaban J connectivity index is 2.82. The minimum atomic E-state index is -0.676. The van der Waals surface area contributed by atoms with Crippen molar-refractivity contribution in [1.82, 2.24) is 5.32 Å². The molecule has 0 saturated carbocycles. The number of aliphatic hydroxyl groups excluding tert-OH is 1. The van der Waals surface area contributed by atoms with Gasteiger partial charge in [-0.3, -0.25) is 4.79 Å². The fraction of sp³-hybridized carbons (Fsp3) is 0.300. The van der Waals surface area contributed by atoms with Gasteiger partial charge in [-0.2, -0.15) is 0 Å². The molecule has 5 heteroatoms. The molecule has 15 heavy (non-hydrogen) atoms. The van der Waals surface area contributed by atoms with Gasteiger partial charge < -0.3 is 10.4 Å². The molecule has 0 aromatic heterocycles. The van der Waals surface area contributed by atoms with Crippen LogP contribution in [0.4, 0.5) is 4.39 Å². The lowest BCUT2D eigenvalue weighted by Gasteiger charge is -2.11. The first-order chi connectivity index (χ1) is 7.04. The van der Waals surface area contributed by atoms with E-state index in [4.69, 9.17) is 16.7 Å². The molecule has 1 amide bonds. The minimum absolute atomic E-state index is 0.0836. The summed E-state index contributed by atoms with van der Waals surface area (Å²) >= 11 is 5.54. The molecule has 0 aliphatic carbocycles. The van der Waals surface area contributed by atoms with Crippen molar-refractivity contribution in [2.24, 2.45) is 0 Å². The van der Waals surface area contributed by atoms with Gasteiger partial charge in [-0.1, -0.05) is 11.6 Å². The molecule has 0 aliphatic heterocycles. The van der Waals surface area contributed by atoms with E-state index >= 15 is 0 Å². The lowest BCUT2D eigenvalue weighted by Crippen LogP contribution is -2.35. The molecule has 82 valence electrons. The third-order valence-corrected chi connectivity index (χ3v) is 2.06. The van der Waals surface area contributed by atoms with Crippen LogP contribution in [0.3, 0.4) is 0 Å². The maximum Gasteiger partial charge on any atom is 0.254 e. The second kappa shape index (κ2) is 5.09. The van der Waals surface area contributed by atoms with E-state index in [1.165, 1.54) is 12.1 Å². The molecule has 0 bridgehead atoms. The fourth-order valence-corrected chi connectivity index (χ4v) is 1.18. The zero-order valence-corrected chi connectivity index (χ0v) is 8.88. The molecule has 1 rings (SSSR count). The second-order valence-electron chi connectivity index (χ2n) is 3.18. The van der Waals surface area contributed by atoms with E-state index in [2.05, 4.69) is 5.32 Å². The molecule has 1 aromatic carbocycles. The number of benzene rings is 1. The molecular weight excluding hydrogens is 221 g/mol. The average molecular weight is 232 g/mol. The highest BCUT2D eigenvalue weighted by Gasteiger charge is 2.13. The SMILES string of the molecule is C[C@H](CO)NC(=O)c1ccc(Cl)cc1F. The Bertz CT molecular complexity index is 370. The number of aliphatic hydroxyl groups is 1. The first kappa shape index (κ1) is 11.9. The summed E-state index contributed by atoms with van der Waals surface area (Å²) in [6, 6.07) is 3.40. The monoisotopic (exact) mass is 231 g/mol. The number of carbonyl (C=O) groups is 1. The van der Waals surface area contributed by atoms with Crippen molar-refractivity contribution < 1.29 is 14.3 Å². The highest BCUT2D eigenvalue weighted by molar-refractivity contribution is 6.30. The number of carbonyl (C=O) groups excluding carboxylic acids is 1. The lowest BCUT2D eigenvalue weighted by molar-refractivity contribution is 0.0918. The molecule has 0 fully saturated rings. The Kier molecular flexibility index (Phi) is 4.05. The zero-order valence-electron chi connectivity index (χ0n) is 8.13. The summed E-state index contributed by atoms with van der Waals surface area (Å²) in [7, 11) is 0. The van der Waals surface area contributed by atoms with Crippen molar-refractivity contribution in [3.05, 3.63) is 34.6 Å². The highest BCUT2D eigenvalue weighted by Crippen LogP contribution is 2.14. The van der Waals surface area contributed by atoms with Crippen LogP contribution in [-0.2, 0) is 0 Å². The van der Waals surface area contributed by atoms with Gasteiger partial charge in [0.25, 0.3) is 5.91 Å². The molecule has 0 heterocycles. The Hall–Kier alpha value is -1.13. The van der Waals surface area contributed by atoms with Crippen molar-refractivity contribution in [1.29, 1.82) is 0 Å². The maximum atomic E-state index is 13.2. The summed E-state index contributed by atoms with van der Waals surface area (Å²) in [5.74, 6) is -1.24. The molecule has 0 saturated heterocycles. The standard InChI is InChI=1S/C10H11ClFNO2/c1-6(5-14)13-10(15)8-3-2-7(11)4-9(8)12/h2-4,6,14H,5H2,1H3,(H,13,15)/t6-/m1/s1. The minimum Gasteiger partial charge on any atom is -0.394 e. The van der Waals surface area contributed by atoms with Crippen LogP contribution in [-0.4, -0.2) is 23.7 Å². The van der Waals surface area contributed by atoms with E-state index < -0.39 is 17.8 Å². The van der Waals surface area contributed by atoms with Gasteiger partial charge >= 0.3 is 0 Å². The van der Waals surface area contributed by atoms with E-state index in [0.29, 0.717) is 0 Å². The summed E-state index contributed by atoms with van der Waals surface area (Å²) in [6.45, 7) is 1.42. The van der Waals surface area contributed by atoms with Crippen LogP contribution in [0.15, 0.2) is 18.2 Å². The first-order valence-electron chi connectivity index (χ1n) is 4.41. The summed E-state index contributed by atoms with van der Waals surface area (Å²) in [4.78, 5) is 11.4. The Labute approximate surface area is 91.9 Å². The summed E-state index contributed by atoms with van der Waals surface area (Å²) in [5.41, 5.74) is -0.0836. The molecule has 2 N–H and O–H groups in total. The Morgan fingerprint density at radius 2 is 2.33 bits per heavy atom.